The van der Waals surface area contributed by atoms with Gasteiger partial charge in [-0.05, 0) is 30.5 Å². The molecule has 4 nitrogen and oxygen atoms in total. The fraction of sp³-hybridized carbons (Fsp3) is 0.455. The molecule has 0 aliphatic carbocycles. The first-order valence-corrected chi connectivity index (χ1v) is 7.09. The van der Waals surface area contributed by atoms with Crippen molar-refractivity contribution in [2.24, 2.45) is 5.73 Å². The molecule has 0 bridgehead atoms. The van der Waals surface area contributed by atoms with Gasteiger partial charge < -0.3 is 10.8 Å². The monoisotopic (exact) mass is 261 g/mol. The fourth-order valence-electron chi connectivity index (χ4n) is 1.70. The van der Waals surface area contributed by atoms with Gasteiger partial charge in [-0.3, -0.25) is 0 Å². The molecule has 1 unspecified atom stereocenters. The van der Waals surface area contributed by atoms with Gasteiger partial charge in [-0.1, -0.05) is 13.0 Å². The second kappa shape index (κ2) is 5.01. The van der Waals surface area contributed by atoms with E-state index in [1.54, 1.807) is 6.92 Å². The smallest absolute Gasteiger partial charge is 0.182 e. The first-order valence-electron chi connectivity index (χ1n) is 5.20. The predicted molar refractivity (Wildman–Crippen MR) is 63.3 cm³/mol. The quantitative estimate of drug-likeness (QED) is 0.858. The molecule has 6 heteroatoms. The third kappa shape index (κ3) is 2.95. The summed E-state index contributed by atoms with van der Waals surface area (Å²) < 4.78 is 36.8. The van der Waals surface area contributed by atoms with Crippen LogP contribution in [-0.2, 0) is 9.84 Å². The number of sulfone groups is 1. The van der Waals surface area contributed by atoms with Crippen molar-refractivity contribution >= 4 is 9.84 Å². The van der Waals surface area contributed by atoms with E-state index in [1.165, 1.54) is 12.1 Å². The highest BCUT2D eigenvalue weighted by Gasteiger charge is 2.23. The number of aromatic hydroxyl groups is 1. The van der Waals surface area contributed by atoms with Crippen molar-refractivity contribution in [3.63, 3.8) is 0 Å². The van der Waals surface area contributed by atoms with Gasteiger partial charge in [0.2, 0.25) is 0 Å². The summed E-state index contributed by atoms with van der Waals surface area (Å²) in [5.41, 5.74) is 5.64. The third-order valence-corrected chi connectivity index (χ3v) is 3.74. The number of nitrogens with two attached hydrogens (primary N) is 1. The van der Waals surface area contributed by atoms with Crippen molar-refractivity contribution in [2.75, 3.05) is 12.8 Å². The summed E-state index contributed by atoms with van der Waals surface area (Å²) in [6.07, 6.45) is 1.41. The van der Waals surface area contributed by atoms with Gasteiger partial charge in [0.15, 0.2) is 9.84 Å². The molecule has 1 atom stereocenters. The van der Waals surface area contributed by atoms with Crippen LogP contribution in [0.3, 0.4) is 0 Å². The van der Waals surface area contributed by atoms with Crippen LogP contribution in [-0.4, -0.2) is 26.3 Å². The zero-order valence-corrected chi connectivity index (χ0v) is 10.6. The molecule has 17 heavy (non-hydrogen) atoms. The summed E-state index contributed by atoms with van der Waals surface area (Å²) in [6.45, 7) is 2.14. The molecule has 0 aromatic heterocycles. The van der Waals surface area contributed by atoms with Gasteiger partial charge in [0.25, 0.3) is 0 Å². The van der Waals surface area contributed by atoms with Crippen LogP contribution < -0.4 is 5.73 Å². The number of phenols is 1. The van der Waals surface area contributed by atoms with E-state index in [2.05, 4.69) is 0 Å². The van der Waals surface area contributed by atoms with Crippen molar-refractivity contribution in [1.29, 1.82) is 0 Å². The van der Waals surface area contributed by atoms with Gasteiger partial charge in [-0.15, -0.1) is 0 Å². The first-order chi connectivity index (χ1) is 7.79. The van der Waals surface area contributed by atoms with Crippen LogP contribution in [0, 0.1) is 5.82 Å². The van der Waals surface area contributed by atoms with Gasteiger partial charge in [0.1, 0.15) is 16.5 Å². The first kappa shape index (κ1) is 13.9. The number of halogens is 1. The van der Waals surface area contributed by atoms with Crippen LogP contribution >= 0.6 is 0 Å². The molecular formula is C11H16FNO3S. The zero-order valence-electron chi connectivity index (χ0n) is 9.77. The number of phenolic OH excluding ortho intramolecular Hbond substituents is 1. The van der Waals surface area contributed by atoms with Crippen molar-refractivity contribution in [3.05, 3.63) is 23.5 Å². The lowest BCUT2D eigenvalue weighted by Gasteiger charge is -2.14. The lowest BCUT2D eigenvalue weighted by molar-refractivity contribution is 0.440. The molecule has 0 amide bonds. The SMILES string of the molecule is CC(CCN)c1ccc(O)c(S(C)(=O)=O)c1F. The summed E-state index contributed by atoms with van der Waals surface area (Å²) in [5.74, 6) is -1.64. The second-order valence-electron chi connectivity index (χ2n) is 4.07. The van der Waals surface area contributed by atoms with Gasteiger partial charge >= 0.3 is 0 Å². The van der Waals surface area contributed by atoms with Crippen LogP contribution in [0.25, 0.3) is 0 Å². The second-order valence-corrected chi connectivity index (χ2v) is 6.02. The summed E-state index contributed by atoms with van der Waals surface area (Å²) in [4.78, 5) is -0.640. The Morgan fingerprint density at radius 3 is 2.53 bits per heavy atom. The number of hydrogen-bond acceptors (Lipinski definition) is 4. The van der Waals surface area contributed by atoms with E-state index in [4.69, 9.17) is 5.73 Å². The Balaban J connectivity index is 3.39. The van der Waals surface area contributed by atoms with Crippen LogP contribution in [0.4, 0.5) is 4.39 Å². The van der Waals surface area contributed by atoms with Crippen molar-refractivity contribution in [3.8, 4) is 5.75 Å². The van der Waals surface area contributed by atoms with E-state index in [-0.39, 0.29) is 11.5 Å². The highest BCUT2D eigenvalue weighted by atomic mass is 32.2. The normalized spacial score (nSPS) is 13.6. The highest BCUT2D eigenvalue weighted by molar-refractivity contribution is 7.90. The van der Waals surface area contributed by atoms with Gasteiger partial charge in [0.05, 0.1) is 0 Å². The summed E-state index contributed by atoms with van der Waals surface area (Å²) >= 11 is 0. The van der Waals surface area contributed by atoms with Crippen molar-refractivity contribution < 1.29 is 17.9 Å². The van der Waals surface area contributed by atoms with E-state index in [0.29, 0.717) is 13.0 Å². The Labute approximate surface area is 100 Å². The molecule has 0 spiro atoms. The van der Waals surface area contributed by atoms with Crippen molar-refractivity contribution in [1.82, 2.24) is 0 Å². The molecular weight excluding hydrogens is 245 g/mol. The molecule has 0 heterocycles. The van der Waals surface area contributed by atoms with Gasteiger partial charge in [-0.25, -0.2) is 12.8 Å². The summed E-state index contributed by atoms with van der Waals surface area (Å²) in [7, 11) is -3.79. The molecule has 0 fully saturated rings. The molecule has 0 radical (unpaired) electrons. The fourth-order valence-corrected chi connectivity index (χ4v) is 2.59. The molecule has 0 aliphatic rings. The maximum atomic E-state index is 14.0. The van der Waals surface area contributed by atoms with Crippen LogP contribution in [0.2, 0.25) is 0 Å². The Morgan fingerprint density at radius 1 is 1.47 bits per heavy atom. The summed E-state index contributed by atoms with van der Waals surface area (Å²) in [5, 5.41) is 9.42. The number of benzene rings is 1. The van der Waals surface area contributed by atoms with E-state index < -0.39 is 26.3 Å². The van der Waals surface area contributed by atoms with Gasteiger partial charge in [-0.2, -0.15) is 0 Å². The predicted octanol–water partition coefficient (Wildman–Crippen LogP) is 1.39. The Hall–Kier alpha value is -1.14. The van der Waals surface area contributed by atoms with Crippen molar-refractivity contribution in [2.45, 2.75) is 24.2 Å². The van der Waals surface area contributed by atoms with Crippen LogP contribution in [0.5, 0.6) is 5.75 Å². The third-order valence-electron chi connectivity index (χ3n) is 2.61. The molecule has 3 N–H and O–H groups in total. The zero-order chi connectivity index (χ0) is 13.2. The molecule has 0 saturated heterocycles. The maximum absolute atomic E-state index is 14.0. The average Bonchev–Trinajstić information content (AvgIpc) is 2.15. The Morgan fingerprint density at radius 2 is 2.06 bits per heavy atom. The topological polar surface area (TPSA) is 80.4 Å². The molecule has 1 aromatic carbocycles. The highest BCUT2D eigenvalue weighted by Crippen LogP contribution is 2.32. The lowest BCUT2D eigenvalue weighted by Crippen LogP contribution is -2.09. The number of hydrogen-bond donors (Lipinski definition) is 2. The van der Waals surface area contributed by atoms with E-state index in [0.717, 1.165) is 6.26 Å². The van der Waals surface area contributed by atoms with Crippen LogP contribution in [0.1, 0.15) is 24.8 Å². The standard InChI is InChI=1S/C11H16FNO3S/c1-7(5-6-13)8-3-4-9(14)11(10(8)12)17(2,15)16/h3-4,7,14H,5-6,13H2,1-2H3. The molecule has 0 aliphatic heterocycles. The van der Waals surface area contributed by atoms with E-state index in [9.17, 15) is 17.9 Å². The lowest BCUT2D eigenvalue weighted by atomic mass is 9.97. The van der Waals surface area contributed by atoms with Gasteiger partial charge in [0, 0.05) is 6.26 Å². The summed E-state index contributed by atoms with van der Waals surface area (Å²) in [6, 6.07) is 2.58. The minimum Gasteiger partial charge on any atom is -0.506 e. The Kier molecular flexibility index (Phi) is 4.11. The van der Waals surface area contributed by atoms with Crippen LogP contribution in [0.15, 0.2) is 17.0 Å². The molecule has 96 valence electrons. The minimum absolute atomic E-state index is 0.193. The molecule has 1 rings (SSSR count). The van der Waals surface area contributed by atoms with E-state index >= 15 is 0 Å². The maximum Gasteiger partial charge on any atom is 0.182 e. The minimum atomic E-state index is -3.79. The van der Waals surface area contributed by atoms with E-state index in [1.807, 2.05) is 0 Å². The number of rotatable bonds is 4. The average molecular weight is 261 g/mol. The largest absolute Gasteiger partial charge is 0.506 e. The molecule has 0 saturated carbocycles. The molecule has 1 aromatic rings. The Bertz CT molecular complexity index is 514.